The van der Waals surface area contributed by atoms with Crippen LogP contribution in [-0.4, -0.2) is 28.5 Å². The zero-order valence-electron chi connectivity index (χ0n) is 15.7. The number of aromatic nitrogens is 2. The molecular formula is C21H28N4O. The third-order valence-corrected chi connectivity index (χ3v) is 6.33. The van der Waals surface area contributed by atoms with Gasteiger partial charge in [0.15, 0.2) is 0 Å². The molecule has 1 amide bonds. The lowest BCUT2D eigenvalue weighted by Crippen LogP contribution is -2.48. The highest BCUT2D eigenvalue weighted by Crippen LogP contribution is 2.44. The summed E-state index contributed by atoms with van der Waals surface area (Å²) < 4.78 is 2.06. The van der Waals surface area contributed by atoms with Crippen molar-refractivity contribution in [3.05, 3.63) is 48.0 Å². The molecule has 2 N–H and O–H groups in total. The molecule has 0 spiro atoms. The molecule has 2 aliphatic rings. The van der Waals surface area contributed by atoms with Gasteiger partial charge in [0, 0.05) is 24.6 Å². The van der Waals surface area contributed by atoms with Crippen molar-refractivity contribution in [2.45, 2.75) is 45.6 Å². The molecule has 1 unspecified atom stereocenters. The first kappa shape index (κ1) is 17.3. The Balaban J connectivity index is 1.47. The number of hydrogen-bond donors (Lipinski definition) is 2. The standard InChI is InChI=1S/C21H28N4O/c1-15(17-6-8-19(9-7-17)25-12-11-23-16(25)2)24-20(26)21-10-4-3-5-18(21)13-22-14-21/h6-9,11-12,15,18,22H,3-5,10,13-14H2,1-2H3,(H,24,26)/t15?,18-,21+/m0/s1. The summed E-state index contributed by atoms with van der Waals surface area (Å²) >= 11 is 0. The van der Waals surface area contributed by atoms with Crippen molar-refractivity contribution >= 4 is 5.91 Å². The van der Waals surface area contributed by atoms with Gasteiger partial charge in [-0.3, -0.25) is 4.79 Å². The largest absolute Gasteiger partial charge is 0.349 e. The Kier molecular flexibility index (Phi) is 4.57. The monoisotopic (exact) mass is 352 g/mol. The van der Waals surface area contributed by atoms with E-state index in [0.717, 1.165) is 36.6 Å². The van der Waals surface area contributed by atoms with Crippen LogP contribution in [0.5, 0.6) is 0 Å². The smallest absolute Gasteiger partial charge is 0.228 e. The summed E-state index contributed by atoms with van der Waals surface area (Å²) in [6, 6.07) is 8.39. The maximum atomic E-state index is 13.1. The van der Waals surface area contributed by atoms with Gasteiger partial charge in [-0.1, -0.05) is 25.0 Å². The fourth-order valence-corrected chi connectivity index (χ4v) is 4.69. The molecule has 138 valence electrons. The Bertz CT molecular complexity index is 782. The molecule has 1 saturated carbocycles. The van der Waals surface area contributed by atoms with Gasteiger partial charge in [0.1, 0.15) is 5.82 Å². The number of aryl methyl sites for hydroxylation is 1. The minimum absolute atomic E-state index is 0.0120. The molecule has 1 aromatic heterocycles. The van der Waals surface area contributed by atoms with Gasteiger partial charge in [0.2, 0.25) is 5.91 Å². The highest BCUT2D eigenvalue weighted by molar-refractivity contribution is 5.84. The summed E-state index contributed by atoms with van der Waals surface area (Å²) in [5.41, 5.74) is 2.03. The molecule has 4 rings (SSSR count). The molecule has 1 aliphatic heterocycles. The molecule has 1 saturated heterocycles. The SMILES string of the molecule is Cc1nccn1-c1ccc(C(C)NC(=O)[C@@]23CCCC[C@H]2CNC3)cc1. The van der Waals surface area contributed by atoms with Crippen molar-refractivity contribution in [1.29, 1.82) is 0 Å². The highest BCUT2D eigenvalue weighted by Gasteiger charge is 2.49. The van der Waals surface area contributed by atoms with E-state index in [2.05, 4.69) is 51.4 Å². The van der Waals surface area contributed by atoms with Crippen LogP contribution >= 0.6 is 0 Å². The van der Waals surface area contributed by atoms with Crippen molar-refractivity contribution in [1.82, 2.24) is 20.2 Å². The normalized spacial score (nSPS) is 26.3. The van der Waals surface area contributed by atoms with Gasteiger partial charge in [-0.15, -0.1) is 0 Å². The minimum Gasteiger partial charge on any atom is -0.349 e. The Morgan fingerprint density at radius 2 is 2.15 bits per heavy atom. The number of amides is 1. The molecule has 1 aromatic carbocycles. The Morgan fingerprint density at radius 1 is 1.35 bits per heavy atom. The molecule has 0 radical (unpaired) electrons. The number of nitrogens with zero attached hydrogens (tertiary/aromatic N) is 2. The van der Waals surface area contributed by atoms with E-state index in [1.807, 2.05) is 19.3 Å². The van der Waals surface area contributed by atoms with Crippen LogP contribution < -0.4 is 10.6 Å². The Morgan fingerprint density at radius 3 is 2.88 bits per heavy atom. The van der Waals surface area contributed by atoms with Gasteiger partial charge >= 0.3 is 0 Å². The van der Waals surface area contributed by atoms with Gasteiger partial charge < -0.3 is 15.2 Å². The van der Waals surface area contributed by atoms with Crippen LogP contribution in [0.2, 0.25) is 0 Å². The summed E-state index contributed by atoms with van der Waals surface area (Å²) in [4.78, 5) is 17.4. The number of imidazole rings is 1. The number of rotatable bonds is 4. The second kappa shape index (κ2) is 6.88. The topological polar surface area (TPSA) is 59.0 Å². The predicted molar refractivity (Wildman–Crippen MR) is 102 cm³/mol. The van der Waals surface area contributed by atoms with Crippen molar-refractivity contribution < 1.29 is 4.79 Å². The number of hydrogen-bond acceptors (Lipinski definition) is 3. The summed E-state index contributed by atoms with van der Waals surface area (Å²) in [6.45, 7) is 5.88. The summed E-state index contributed by atoms with van der Waals surface area (Å²) in [5.74, 6) is 1.69. The lowest BCUT2D eigenvalue weighted by atomic mass is 9.67. The summed E-state index contributed by atoms with van der Waals surface area (Å²) in [5, 5.41) is 6.75. The molecule has 2 heterocycles. The van der Waals surface area contributed by atoms with Gasteiger partial charge in [-0.25, -0.2) is 4.98 Å². The number of nitrogens with one attached hydrogen (secondary N) is 2. The lowest BCUT2D eigenvalue weighted by Gasteiger charge is -2.38. The summed E-state index contributed by atoms with van der Waals surface area (Å²) in [7, 11) is 0. The molecule has 26 heavy (non-hydrogen) atoms. The van der Waals surface area contributed by atoms with Crippen molar-refractivity contribution in [2.24, 2.45) is 11.3 Å². The van der Waals surface area contributed by atoms with E-state index in [9.17, 15) is 4.79 Å². The minimum atomic E-state index is -0.194. The highest BCUT2D eigenvalue weighted by atomic mass is 16.2. The third-order valence-electron chi connectivity index (χ3n) is 6.33. The first-order valence-corrected chi connectivity index (χ1v) is 9.72. The molecule has 3 atom stereocenters. The van der Waals surface area contributed by atoms with E-state index in [1.54, 1.807) is 0 Å². The van der Waals surface area contributed by atoms with Crippen LogP contribution in [0.25, 0.3) is 5.69 Å². The number of benzene rings is 1. The second-order valence-corrected chi connectivity index (χ2v) is 7.86. The first-order chi connectivity index (χ1) is 12.6. The zero-order chi connectivity index (χ0) is 18.1. The molecule has 5 nitrogen and oxygen atoms in total. The number of fused-ring (bicyclic) bond motifs is 1. The van der Waals surface area contributed by atoms with Crippen molar-refractivity contribution in [2.75, 3.05) is 13.1 Å². The van der Waals surface area contributed by atoms with Gasteiger partial charge in [0.25, 0.3) is 0 Å². The van der Waals surface area contributed by atoms with E-state index in [-0.39, 0.29) is 17.4 Å². The fourth-order valence-electron chi connectivity index (χ4n) is 4.69. The van der Waals surface area contributed by atoms with Crippen LogP contribution in [0, 0.1) is 18.3 Å². The Hall–Kier alpha value is -2.14. The average molecular weight is 352 g/mol. The second-order valence-electron chi connectivity index (χ2n) is 7.86. The molecule has 2 fully saturated rings. The van der Waals surface area contributed by atoms with Crippen LogP contribution in [0.4, 0.5) is 0 Å². The Labute approximate surface area is 155 Å². The van der Waals surface area contributed by atoms with E-state index < -0.39 is 0 Å². The molecule has 0 bridgehead atoms. The third kappa shape index (κ3) is 2.94. The van der Waals surface area contributed by atoms with Crippen LogP contribution in [0.3, 0.4) is 0 Å². The van der Waals surface area contributed by atoms with Crippen LogP contribution in [0.1, 0.15) is 50.0 Å². The van der Waals surface area contributed by atoms with E-state index >= 15 is 0 Å². The lowest BCUT2D eigenvalue weighted by molar-refractivity contribution is -0.134. The maximum Gasteiger partial charge on any atom is 0.228 e. The van der Waals surface area contributed by atoms with E-state index in [1.165, 1.54) is 19.3 Å². The quantitative estimate of drug-likeness (QED) is 0.889. The van der Waals surface area contributed by atoms with Crippen molar-refractivity contribution in [3.8, 4) is 5.69 Å². The molecule has 1 aliphatic carbocycles. The first-order valence-electron chi connectivity index (χ1n) is 9.72. The van der Waals surface area contributed by atoms with E-state index in [4.69, 9.17) is 0 Å². The van der Waals surface area contributed by atoms with Crippen LogP contribution in [0.15, 0.2) is 36.7 Å². The molecule has 2 aromatic rings. The van der Waals surface area contributed by atoms with Gasteiger partial charge in [-0.05, 0) is 56.8 Å². The molecule has 5 heteroatoms. The van der Waals surface area contributed by atoms with E-state index in [0.29, 0.717) is 5.92 Å². The average Bonchev–Trinajstić information content (AvgIpc) is 3.28. The number of carbonyl (C=O) groups is 1. The van der Waals surface area contributed by atoms with Gasteiger partial charge in [-0.2, -0.15) is 0 Å². The maximum absolute atomic E-state index is 13.1. The van der Waals surface area contributed by atoms with Crippen molar-refractivity contribution in [3.63, 3.8) is 0 Å². The summed E-state index contributed by atoms with van der Waals surface area (Å²) in [6.07, 6.45) is 8.38. The number of carbonyl (C=O) groups excluding carboxylic acids is 1. The molecular weight excluding hydrogens is 324 g/mol. The predicted octanol–water partition coefficient (Wildman–Crippen LogP) is 3.14. The zero-order valence-corrected chi connectivity index (χ0v) is 15.7. The van der Waals surface area contributed by atoms with Crippen LogP contribution in [-0.2, 0) is 4.79 Å². The van der Waals surface area contributed by atoms with Gasteiger partial charge in [0.05, 0.1) is 11.5 Å². The fraction of sp³-hybridized carbons (Fsp3) is 0.524.